The zero-order valence-electron chi connectivity index (χ0n) is 13.5. The molecule has 0 aliphatic carbocycles. The molecule has 3 rings (SSSR count). The van der Waals surface area contributed by atoms with E-state index in [9.17, 15) is 4.79 Å². The molecule has 5 heteroatoms. The van der Waals surface area contributed by atoms with Gasteiger partial charge in [-0.15, -0.1) is 0 Å². The summed E-state index contributed by atoms with van der Waals surface area (Å²) < 4.78 is 7.07. The molecular weight excluding hydrogens is 302 g/mol. The van der Waals surface area contributed by atoms with Crippen LogP contribution < -0.4 is 10.1 Å². The number of hydrogen-bond acceptors (Lipinski definition) is 3. The molecule has 0 atom stereocenters. The van der Waals surface area contributed by atoms with Crippen LogP contribution in [0.15, 0.2) is 67.0 Å². The highest BCUT2D eigenvalue weighted by Crippen LogP contribution is 2.17. The second-order valence-corrected chi connectivity index (χ2v) is 5.41. The maximum absolute atomic E-state index is 12.3. The summed E-state index contributed by atoms with van der Waals surface area (Å²) in [6, 6.07) is 17.3. The van der Waals surface area contributed by atoms with Crippen LogP contribution in [0.5, 0.6) is 5.75 Å². The molecule has 1 aromatic heterocycles. The Bertz CT molecular complexity index is 812. The zero-order valence-corrected chi connectivity index (χ0v) is 13.5. The van der Waals surface area contributed by atoms with Gasteiger partial charge in [0.1, 0.15) is 5.75 Å². The highest BCUT2D eigenvalue weighted by atomic mass is 16.5. The number of aromatic nitrogens is 2. The van der Waals surface area contributed by atoms with Gasteiger partial charge in [0.2, 0.25) is 0 Å². The van der Waals surface area contributed by atoms with Crippen molar-refractivity contribution in [2.45, 2.75) is 13.1 Å². The second-order valence-electron chi connectivity index (χ2n) is 5.41. The monoisotopic (exact) mass is 321 g/mol. The molecule has 0 spiro atoms. The fraction of sp³-hybridized carbons (Fsp3) is 0.158. The van der Waals surface area contributed by atoms with Crippen LogP contribution in [0.2, 0.25) is 0 Å². The summed E-state index contributed by atoms with van der Waals surface area (Å²) in [5, 5.41) is 7.23. The van der Waals surface area contributed by atoms with Crippen LogP contribution in [0.3, 0.4) is 0 Å². The number of benzene rings is 2. The molecule has 0 aliphatic rings. The molecule has 0 bridgehead atoms. The number of ether oxygens (including phenoxy) is 1. The normalized spacial score (nSPS) is 10.4. The lowest BCUT2D eigenvalue weighted by Crippen LogP contribution is -2.23. The number of carbonyl (C=O) groups is 1. The number of para-hydroxylation sites is 1. The Hall–Kier alpha value is -3.08. The van der Waals surface area contributed by atoms with Gasteiger partial charge >= 0.3 is 0 Å². The first-order valence-electron chi connectivity index (χ1n) is 7.73. The van der Waals surface area contributed by atoms with E-state index >= 15 is 0 Å². The average molecular weight is 321 g/mol. The van der Waals surface area contributed by atoms with E-state index in [1.807, 2.05) is 41.2 Å². The molecule has 3 aromatic rings. The van der Waals surface area contributed by atoms with Gasteiger partial charge in [-0.05, 0) is 17.7 Å². The number of carbonyl (C=O) groups excluding carboxylic acids is 1. The van der Waals surface area contributed by atoms with Crippen molar-refractivity contribution in [3.63, 3.8) is 0 Å². The van der Waals surface area contributed by atoms with E-state index in [0.29, 0.717) is 24.4 Å². The van der Waals surface area contributed by atoms with Gasteiger partial charge in [-0.25, -0.2) is 0 Å². The van der Waals surface area contributed by atoms with E-state index < -0.39 is 0 Å². The highest BCUT2D eigenvalue weighted by Gasteiger charge is 2.11. The van der Waals surface area contributed by atoms with Gasteiger partial charge in [0, 0.05) is 18.3 Å². The molecule has 2 aromatic carbocycles. The molecule has 24 heavy (non-hydrogen) atoms. The molecule has 0 aliphatic heterocycles. The van der Waals surface area contributed by atoms with Crippen molar-refractivity contribution < 1.29 is 9.53 Å². The quantitative estimate of drug-likeness (QED) is 0.759. The fourth-order valence-electron chi connectivity index (χ4n) is 2.46. The zero-order chi connectivity index (χ0) is 16.8. The van der Waals surface area contributed by atoms with Crippen LogP contribution in [0.1, 0.15) is 21.5 Å². The molecule has 122 valence electrons. The molecule has 0 saturated carbocycles. The Morgan fingerprint density at radius 1 is 1.08 bits per heavy atom. The van der Waals surface area contributed by atoms with Gasteiger partial charge in [0.15, 0.2) is 0 Å². The van der Waals surface area contributed by atoms with Gasteiger partial charge in [0.05, 0.1) is 25.4 Å². The largest absolute Gasteiger partial charge is 0.496 e. The van der Waals surface area contributed by atoms with E-state index in [-0.39, 0.29) is 5.91 Å². The van der Waals surface area contributed by atoms with Gasteiger partial charge in [-0.3, -0.25) is 9.48 Å². The third-order valence-electron chi connectivity index (χ3n) is 3.68. The molecule has 1 N–H and O–H groups in total. The molecule has 1 heterocycles. The third kappa shape index (κ3) is 3.81. The van der Waals surface area contributed by atoms with Gasteiger partial charge in [0.25, 0.3) is 5.91 Å². The standard InChI is InChI=1S/C19H19N3O2/c1-24-18-10-6-5-9-17(18)19(23)20-11-16-12-21-22(14-16)13-15-7-3-2-4-8-15/h2-10,12,14H,11,13H2,1H3,(H,20,23). The summed E-state index contributed by atoms with van der Waals surface area (Å²) in [6.07, 6.45) is 3.71. The van der Waals surface area contributed by atoms with E-state index in [2.05, 4.69) is 22.5 Å². The van der Waals surface area contributed by atoms with Gasteiger partial charge < -0.3 is 10.1 Å². The smallest absolute Gasteiger partial charge is 0.255 e. The van der Waals surface area contributed by atoms with Crippen molar-refractivity contribution in [1.29, 1.82) is 0 Å². The van der Waals surface area contributed by atoms with Crippen molar-refractivity contribution in [2.24, 2.45) is 0 Å². The number of nitrogens with zero attached hydrogens (tertiary/aromatic N) is 2. The average Bonchev–Trinajstić information content (AvgIpc) is 3.08. The third-order valence-corrected chi connectivity index (χ3v) is 3.68. The van der Waals surface area contributed by atoms with Crippen molar-refractivity contribution in [2.75, 3.05) is 7.11 Å². The maximum Gasteiger partial charge on any atom is 0.255 e. The Balaban J connectivity index is 1.60. The van der Waals surface area contributed by atoms with E-state index in [0.717, 1.165) is 5.56 Å². The summed E-state index contributed by atoms with van der Waals surface area (Å²) in [4.78, 5) is 12.3. The van der Waals surface area contributed by atoms with Gasteiger partial charge in [-0.1, -0.05) is 42.5 Å². The van der Waals surface area contributed by atoms with Crippen LogP contribution in [0.4, 0.5) is 0 Å². The molecule has 0 unspecified atom stereocenters. The maximum atomic E-state index is 12.3. The number of nitrogens with one attached hydrogen (secondary N) is 1. The fourth-order valence-corrected chi connectivity index (χ4v) is 2.46. The Morgan fingerprint density at radius 3 is 2.62 bits per heavy atom. The molecule has 0 fully saturated rings. The molecule has 0 radical (unpaired) electrons. The lowest BCUT2D eigenvalue weighted by molar-refractivity contribution is 0.0948. The van der Waals surface area contributed by atoms with E-state index in [1.54, 1.807) is 25.4 Å². The predicted molar refractivity (Wildman–Crippen MR) is 91.9 cm³/mol. The Morgan fingerprint density at radius 2 is 1.83 bits per heavy atom. The summed E-state index contributed by atoms with van der Waals surface area (Å²) in [5.41, 5.74) is 2.66. The summed E-state index contributed by atoms with van der Waals surface area (Å²) in [6.45, 7) is 1.13. The van der Waals surface area contributed by atoms with Crippen molar-refractivity contribution in [1.82, 2.24) is 15.1 Å². The van der Waals surface area contributed by atoms with Gasteiger partial charge in [-0.2, -0.15) is 5.10 Å². The van der Waals surface area contributed by atoms with Crippen molar-refractivity contribution in [3.05, 3.63) is 83.7 Å². The summed E-state index contributed by atoms with van der Waals surface area (Å²) in [5.74, 6) is 0.401. The van der Waals surface area contributed by atoms with Crippen LogP contribution in [-0.4, -0.2) is 22.8 Å². The molecule has 1 amide bonds. The highest BCUT2D eigenvalue weighted by molar-refractivity contribution is 5.96. The van der Waals surface area contributed by atoms with Crippen LogP contribution >= 0.6 is 0 Å². The van der Waals surface area contributed by atoms with E-state index in [4.69, 9.17) is 4.74 Å². The first kappa shape index (κ1) is 15.8. The van der Waals surface area contributed by atoms with Crippen LogP contribution in [-0.2, 0) is 13.1 Å². The first-order chi connectivity index (χ1) is 11.8. The summed E-state index contributed by atoms with van der Waals surface area (Å²) in [7, 11) is 1.56. The van der Waals surface area contributed by atoms with Crippen molar-refractivity contribution in [3.8, 4) is 5.75 Å². The molecule has 0 saturated heterocycles. The minimum Gasteiger partial charge on any atom is -0.496 e. The van der Waals surface area contributed by atoms with E-state index in [1.165, 1.54) is 5.56 Å². The van der Waals surface area contributed by atoms with Crippen LogP contribution in [0, 0.1) is 0 Å². The SMILES string of the molecule is COc1ccccc1C(=O)NCc1cnn(Cc2ccccc2)c1. The lowest BCUT2D eigenvalue weighted by atomic mass is 10.2. The summed E-state index contributed by atoms with van der Waals surface area (Å²) >= 11 is 0. The predicted octanol–water partition coefficient (Wildman–Crippen LogP) is 2.87. The number of amides is 1. The minimum atomic E-state index is -0.164. The number of methoxy groups -OCH3 is 1. The second kappa shape index (κ2) is 7.46. The number of hydrogen-bond donors (Lipinski definition) is 1. The number of rotatable bonds is 6. The lowest BCUT2D eigenvalue weighted by Gasteiger charge is -2.08. The Labute approximate surface area is 140 Å². The van der Waals surface area contributed by atoms with Crippen molar-refractivity contribution >= 4 is 5.91 Å². The minimum absolute atomic E-state index is 0.164. The topological polar surface area (TPSA) is 56.1 Å². The molecular formula is C19H19N3O2. The van der Waals surface area contributed by atoms with Crippen LogP contribution in [0.25, 0.3) is 0 Å². The molecule has 5 nitrogen and oxygen atoms in total. The Kier molecular flexibility index (Phi) is 4.91. The first-order valence-corrected chi connectivity index (χ1v) is 7.73.